The molecule has 6 heteroatoms. The summed E-state index contributed by atoms with van der Waals surface area (Å²) in [5.74, 6) is 1.92. The normalized spacial score (nSPS) is 11.2. The Bertz CT molecular complexity index is 570. The van der Waals surface area contributed by atoms with E-state index in [4.69, 9.17) is 9.47 Å². The number of ether oxygens (including phenoxy) is 2. The number of hydrogen-bond donors (Lipinski definition) is 0. The third kappa shape index (κ3) is 13.2. The van der Waals surface area contributed by atoms with Crippen molar-refractivity contribution in [2.24, 2.45) is 0 Å². The van der Waals surface area contributed by atoms with Crippen LogP contribution < -0.4 is 9.47 Å². The maximum atomic E-state index is 6.32. The fourth-order valence-corrected chi connectivity index (χ4v) is 7.07. The molecule has 1 aromatic rings. The summed E-state index contributed by atoms with van der Waals surface area (Å²) in [6, 6.07) is 0. The van der Waals surface area contributed by atoms with Gasteiger partial charge < -0.3 is 9.47 Å². The standard InChI is InChI=1S/C26H42I4O2/c1-3-5-7-9-11-13-15-17-19-31-25-23(29)21(27)22(28)24(30)26(25)32-20-18-16-14-12-10-8-6-4-2/h3-20H2,1-2H3. The van der Waals surface area contributed by atoms with Gasteiger partial charge in [-0.25, -0.2) is 0 Å². The molecule has 0 unspecified atom stereocenters. The largest absolute Gasteiger partial charge is 0.489 e. The number of unbranched alkanes of at least 4 members (excludes halogenated alkanes) is 14. The van der Waals surface area contributed by atoms with E-state index in [2.05, 4.69) is 104 Å². The van der Waals surface area contributed by atoms with Crippen molar-refractivity contribution in [2.75, 3.05) is 13.2 Å². The van der Waals surface area contributed by atoms with Crippen LogP contribution in [0.3, 0.4) is 0 Å². The number of hydrogen-bond acceptors (Lipinski definition) is 2. The maximum absolute atomic E-state index is 6.32. The molecular formula is C26H42I4O2. The molecule has 2 nitrogen and oxygen atoms in total. The molecule has 0 saturated carbocycles. The van der Waals surface area contributed by atoms with E-state index in [0.717, 1.165) is 37.6 Å². The summed E-state index contributed by atoms with van der Waals surface area (Å²) in [5, 5.41) is 0. The Morgan fingerprint density at radius 2 is 0.688 bits per heavy atom. The van der Waals surface area contributed by atoms with Crippen LogP contribution in [0.1, 0.15) is 117 Å². The smallest absolute Gasteiger partial charge is 0.176 e. The Balaban J connectivity index is 2.45. The molecule has 0 aromatic heterocycles. The quantitative estimate of drug-likeness (QED) is 0.0562. The third-order valence-electron chi connectivity index (χ3n) is 5.67. The van der Waals surface area contributed by atoms with E-state index < -0.39 is 0 Å². The first-order chi connectivity index (χ1) is 15.5. The molecule has 0 aliphatic carbocycles. The summed E-state index contributed by atoms with van der Waals surface area (Å²) in [5.41, 5.74) is 0. The van der Waals surface area contributed by atoms with Gasteiger partial charge in [-0.05, 0) is 103 Å². The van der Waals surface area contributed by atoms with E-state index in [9.17, 15) is 0 Å². The van der Waals surface area contributed by atoms with Crippen molar-refractivity contribution in [1.29, 1.82) is 0 Å². The molecule has 186 valence electrons. The Morgan fingerprint density at radius 3 is 1.00 bits per heavy atom. The topological polar surface area (TPSA) is 18.5 Å². The molecule has 0 saturated heterocycles. The van der Waals surface area contributed by atoms with Crippen LogP contribution >= 0.6 is 90.4 Å². The minimum atomic E-state index is 0.784. The fourth-order valence-electron chi connectivity index (χ4n) is 3.67. The Morgan fingerprint density at radius 1 is 0.406 bits per heavy atom. The lowest BCUT2D eigenvalue weighted by atomic mass is 10.1. The monoisotopic (exact) mass is 894 g/mol. The van der Waals surface area contributed by atoms with Gasteiger partial charge in [-0.1, -0.05) is 104 Å². The molecular weight excluding hydrogens is 852 g/mol. The molecule has 0 bridgehead atoms. The molecule has 0 N–H and O–H groups in total. The van der Waals surface area contributed by atoms with E-state index in [1.54, 1.807) is 0 Å². The van der Waals surface area contributed by atoms with Crippen LogP contribution in [0.5, 0.6) is 11.5 Å². The third-order valence-corrected chi connectivity index (χ3v) is 13.0. The van der Waals surface area contributed by atoms with Crippen molar-refractivity contribution >= 4 is 90.4 Å². The average molecular weight is 894 g/mol. The van der Waals surface area contributed by atoms with Crippen LogP contribution in [-0.4, -0.2) is 13.2 Å². The zero-order valence-corrected chi connectivity index (χ0v) is 28.7. The van der Waals surface area contributed by atoms with Crippen LogP contribution in [0.4, 0.5) is 0 Å². The highest BCUT2D eigenvalue weighted by atomic mass is 127. The van der Waals surface area contributed by atoms with Gasteiger partial charge in [0, 0.05) is 7.14 Å². The molecule has 0 aliphatic heterocycles. The van der Waals surface area contributed by atoms with Gasteiger partial charge in [-0.15, -0.1) is 0 Å². The Hall–Kier alpha value is 1.74. The van der Waals surface area contributed by atoms with E-state index in [1.165, 1.54) is 104 Å². The zero-order chi connectivity index (χ0) is 23.6. The van der Waals surface area contributed by atoms with Gasteiger partial charge in [0.1, 0.15) is 0 Å². The van der Waals surface area contributed by atoms with E-state index in [1.807, 2.05) is 0 Å². The van der Waals surface area contributed by atoms with Gasteiger partial charge >= 0.3 is 0 Å². The second kappa shape index (κ2) is 20.9. The number of benzene rings is 1. The molecule has 0 fully saturated rings. The molecule has 0 radical (unpaired) electrons. The van der Waals surface area contributed by atoms with Crippen molar-refractivity contribution in [2.45, 2.75) is 117 Å². The SMILES string of the molecule is CCCCCCCCCCOc1c(I)c(I)c(I)c(I)c1OCCCCCCCCCC. The highest BCUT2D eigenvalue weighted by Gasteiger charge is 2.21. The maximum Gasteiger partial charge on any atom is 0.176 e. The Kier molecular flexibility index (Phi) is 20.7. The van der Waals surface area contributed by atoms with Gasteiger partial charge in [0.15, 0.2) is 11.5 Å². The van der Waals surface area contributed by atoms with Crippen molar-refractivity contribution in [3.05, 3.63) is 14.3 Å². The molecule has 0 atom stereocenters. The first-order valence-corrected chi connectivity index (χ1v) is 17.0. The lowest BCUT2D eigenvalue weighted by molar-refractivity contribution is 0.255. The highest BCUT2D eigenvalue weighted by molar-refractivity contribution is 14.1. The van der Waals surface area contributed by atoms with E-state index >= 15 is 0 Å². The van der Waals surface area contributed by atoms with Crippen molar-refractivity contribution in [3.63, 3.8) is 0 Å². The highest BCUT2D eigenvalue weighted by Crippen LogP contribution is 2.43. The van der Waals surface area contributed by atoms with Crippen LogP contribution in [0.15, 0.2) is 0 Å². The zero-order valence-electron chi connectivity index (χ0n) is 20.1. The van der Waals surface area contributed by atoms with E-state index in [-0.39, 0.29) is 0 Å². The lowest BCUT2D eigenvalue weighted by Crippen LogP contribution is -2.08. The predicted molar refractivity (Wildman–Crippen MR) is 174 cm³/mol. The summed E-state index contributed by atoms with van der Waals surface area (Å²) >= 11 is 9.74. The fraction of sp³-hybridized carbons (Fsp3) is 0.769. The first kappa shape index (κ1) is 31.8. The minimum Gasteiger partial charge on any atom is -0.489 e. The molecule has 1 aromatic carbocycles. The molecule has 0 aliphatic rings. The molecule has 0 amide bonds. The number of rotatable bonds is 20. The van der Waals surface area contributed by atoms with Crippen LogP contribution in [-0.2, 0) is 0 Å². The van der Waals surface area contributed by atoms with Gasteiger partial charge in [-0.2, -0.15) is 0 Å². The Labute approximate surface area is 252 Å². The summed E-state index contributed by atoms with van der Waals surface area (Å²) in [6.07, 6.45) is 21.1. The minimum absolute atomic E-state index is 0.784. The number of halogens is 4. The van der Waals surface area contributed by atoms with Crippen molar-refractivity contribution < 1.29 is 9.47 Å². The summed E-state index contributed by atoms with van der Waals surface area (Å²) in [7, 11) is 0. The van der Waals surface area contributed by atoms with Crippen LogP contribution in [0, 0.1) is 14.3 Å². The van der Waals surface area contributed by atoms with Gasteiger partial charge in [-0.3, -0.25) is 0 Å². The van der Waals surface area contributed by atoms with Gasteiger partial charge in [0.2, 0.25) is 0 Å². The summed E-state index contributed by atoms with van der Waals surface area (Å²) < 4.78 is 17.6. The average Bonchev–Trinajstić information content (AvgIpc) is 2.79. The predicted octanol–water partition coefficient (Wildman–Crippen LogP) is 11.1. The molecule has 0 spiro atoms. The lowest BCUT2D eigenvalue weighted by Gasteiger charge is -2.18. The van der Waals surface area contributed by atoms with Crippen LogP contribution in [0.25, 0.3) is 0 Å². The van der Waals surface area contributed by atoms with E-state index in [0.29, 0.717) is 0 Å². The van der Waals surface area contributed by atoms with Gasteiger partial charge in [0.25, 0.3) is 0 Å². The molecule has 1 rings (SSSR count). The van der Waals surface area contributed by atoms with Crippen LogP contribution in [0.2, 0.25) is 0 Å². The summed E-state index contributed by atoms with van der Waals surface area (Å²) in [6.45, 7) is 6.12. The molecule has 32 heavy (non-hydrogen) atoms. The first-order valence-electron chi connectivity index (χ1n) is 12.7. The van der Waals surface area contributed by atoms with Crippen molar-refractivity contribution in [3.8, 4) is 11.5 Å². The van der Waals surface area contributed by atoms with Gasteiger partial charge in [0.05, 0.1) is 20.4 Å². The molecule has 0 heterocycles. The second-order valence-corrected chi connectivity index (χ2v) is 12.9. The van der Waals surface area contributed by atoms with Crippen molar-refractivity contribution in [1.82, 2.24) is 0 Å². The summed E-state index contributed by atoms with van der Waals surface area (Å²) in [4.78, 5) is 0. The second-order valence-electron chi connectivity index (χ2n) is 8.56.